The van der Waals surface area contributed by atoms with Crippen LogP contribution in [0.15, 0.2) is 65.9 Å². The van der Waals surface area contributed by atoms with Crippen LogP contribution in [0.2, 0.25) is 0 Å². The van der Waals surface area contributed by atoms with E-state index in [-0.39, 0.29) is 0 Å². The smallest absolute Gasteiger partial charge is 0.343 e. The van der Waals surface area contributed by atoms with Crippen molar-refractivity contribution in [2.75, 3.05) is 6.61 Å². The zero-order chi connectivity index (χ0) is 24.5. The van der Waals surface area contributed by atoms with E-state index in [0.717, 1.165) is 19.3 Å². The normalized spacial score (nSPS) is 16.3. The standard InChI is InChI=1S/C27H32N2O5/c1-4-11-18(5-2)17-33-26(31)23-22(6-3)28-27(32)29-24(23)20-14-10-15-21(16-20)34-25(30)19-12-8-7-9-13-19/h7-10,12-16,18,24H,4-6,11,17H2,1-3H3,(H2,28,29,32). The molecule has 34 heavy (non-hydrogen) atoms. The molecule has 2 unspecified atom stereocenters. The highest BCUT2D eigenvalue weighted by atomic mass is 16.5. The topological polar surface area (TPSA) is 93.7 Å². The zero-order valence-electron chi connectivity index (χ0n) is 19.9. The number of urea groups is 1. The monoisotopic (exact) mass is 464 g/mol. The third-order valence-corrected chi connectivity index (χ3v) is 5.86. The lowest BCUT2D eigenvalue weighted by Gasteiger charge is -2.29. The number of esters is 2. The van der Waals surface area contributed by atoms with Crippen LogP contribution in [0.3, 0.4) is 0 Å². The Bertz CT molecular complexity index is 1050. The molecule has 7 nitrogen and oxygen atoms in total. The van der Waals surface area contributed by atoms with Crippen LogP contribution in [0.5, 0.6) is 5.75 Å². The first-order valence-corrected chi connectivity index (χ1v) is 11.8. The maximum atomic E-state index is 13.2. The van der Waals surface area contributed by atoms with E-state index in [1.807, 2.05) is 13.0 Å². The van der Waals surface area contributed by atoms with E-state index in [4.69, 9.17) is 9.47 Å². The van der Waals surface area contributed by atoms with Crippen molar-refractivity contribution in [3.8, 4) is 5.75 Å². The van der Waals surface area contributed by atoms with Gasteiger partial charge in [-0.2, -0.15) is 0 Å². The van der Waals surface area contributed by atoms with Gasteiger partial charge in [0.25, 0.3) is 0 Å². The van der Waals surface area contributed by atoms with Gasteiger partial charge in [0.05, 0.1) is 23.8 Å². The summed E-state index contributed by atoms with van der Waals surface area (Å²) in [6.07, 6.45) is 3.39. The molecule has 2 aromatic carbocycles. The van der Waals surface area contributed by atoms with Gasteiger partial charge in [0, 0.05) is 5.70 Å². The maximum Gasteiger partial charge on any atom is 0.343 e. The molecular weight excluding hydrogens is 432 g/mol. The molecule has 180 valence electrons. The van der Waals surface area contributed by atoms with E-state index in [2.05, 4.69) is 24.5 Å². The molecule has 1 aliphatic heterocycles. The molecule has 3 rings (SSSR count). The van der Waals surface area contributed by atoms with Crippen molar-refractivity contribution in [2.24, 2.45) is 5.92 Å². The van der Waals surface area contributed by atoms with Crippen molar-refractivity contribution in [1.82, 2.24) is 10.6 Å². The second-order valence-corrected chi connectivity index (χ2v) is 8.27. The lowest BCUT2D eigenvalue weighted by molar-refractivity contribution is -0.141. The van der Waals surface area contributed by atoms with Gasteiger partial charge in [-0.05, 0) is 48.6 Å². The number of hydrogen-bond acceptors (Lipinski definition) is 5. The van der Waals surface area contributed by atoms with Crippen LogP contribution in [-0.2, 0) is 9.53 Å². The van der Waals surface area contributed by atoms with E-state index >= 15 is 0 Å². The summed E-state index contributed by atoms with van der Waals surface area (Å²) in [7, 11) is 0. The molecule has 1 heterocycles. The molecular formula is C27H32N2O5. The number of carbonyl (C=O) groups is 3. The Balaban J connectivity index is 1.85. The number of amides is 2. The Labute approximate surface area is 200 Å². The van der Waals surface area contributed by atoms with Crippen LogP contribution in [0, 0.1) is 5.92 Å². The summed E-state index contributed by atoms with van der Waals surface area (Å²) in [5.41, 5.74) is 1.93. The molecule has 2 N–H and O–H groups in total. The molecule has 0 saturated heterocycles. The average molecular weight is 465 g/mol. The van der Waals surface area contributed by atoms with Gasteiger partial charge >= 0.3 is 18.0 Å². The number of hydrogen-bond donors (Lipinski definition) is 2. The van der Waals surface area contributed by atoms with Gasteiger partial charge < -0.3 is 20.1 Å². The molecule has 0 saturated carbocycles. The van der Waals surface area contributed by atoms with E-state index in [9.17, 15) is 14.4 Å². The largest absolute Gasteiger partial charge is 0.462 e. The van der Waals surface area contributed by atoms with Gasteiger partial charge in [0.2, 0.25) is 0 Å². The number of ether oxygens (including phenoxy) is 2. The fourth-order valence-electron chi connectivity index (χ4n) is 3.97. The molecule has 0 bridgehead atoms. The Morgan fingerprint density at radius 1 is 1.00 bits per heavy atom. The van der Waals surface area contributed by atoms with Gasteiger partial charge in [0.15, 0.2) is 0 Å². The van der Waals surface area contributed by atoms with Gasteiger partial charge in [-0.1, -0.05) is 63.9 Å². The molecule has 1 aliphatic rings. The van der Waals surface area contributed by atoms with Gasteiger partial charge in [0.1, 0.15) is 5.75 Å². The van der Waals surface area contributed by atoms with Crippen LogP contribution >= 0.6 is 0 Å². The highest BCUT2D eigenvalue weighted by Crippen LogP contribution is 2.31. The minimum atomic E-state index is -0.724. The van der Waals surface area contributed by atoms with E-state index < -0.39 is 24.0 Å². The summed E-state index contributed by atoms with van der Waals surface area (Å²) in [6, 6.07) is 14.4. The Morgan fingerprint density at radius 3 is 2.44 bits per heavy atom. The molecule has 0 fully saturated rings. The van der Waals surface area contributed by atoms with Crippen molar-refractivity contribution in [3.05, 3.63) is 77.0 Å². The summed E-state index contributed by atoms with van der Waals surface area (Å²) >= 11 is 0. The first-order valence-electron chi connectivity index (χ1n) is 11.8. The highest BCUT2D eigenvalue weighted by molar-refractivity contribution is 5.95. The van der Waals surface area contributed by atoms with E-state index in [1.54, 1.807) is 48.5 Å². The van der Waals surface area contributed by atoms with Gasteiger partial charge in [-0.3, -0.25) is 0 Å². The lowest BCUT2D eigenvalue weighted by atomic mass is 9.94. The van der Waals surface area contributed by atoms with Crippen molar-refractivity contribution in [2.45, 2.75) is 52.5 Å². The summed E-state index contributed by atoms with van der Waals surface area (Å²) in [5.74, 6) is -0.336. The molecule has 0 radical (unpaired) electrons. The van der Waals surface area contributed by atoms with Crippen molar-refractivity contribution < 1.29 is 23.9 Å². The number of allylic oxidation sites excluding steroid dienone is 1. The molecule has 7 heteroatoms. The van der Waals surface area contributed by atoms with E-state index in [0.29, 0.717) is 47.1 Å². The number of nitrogens with one attached hydrogen (secondary N) is 2. The SMILES string of the molecule is CCCC(CC)COC(=O)C1=C(CC)NC(=O)NC1c1cccc(OC(=O)c2ccccc2)c1. The van der Waals surface area contributed by atoms with Gasteiger partial charge in [-0.15, -0.1) is 0 Å². The number of rotatable bonds is 10. The quantitative estimate of drug-likeness (QED) is 0.368. The number of benzene rings is 2. The van der Waals surface area contributed by atoms with Crippen LogP contribution in [0.1, 0.15) is 68.4 Å². The molecule has 2 amide bonds. The first kappa shape index (κ1) is 25.0. The minimum absolute atomic E-state index is 0.296. The molecule has 0 aromatic heterocycles. The summed E-state index contributed by atoms with van der Waals surface area (Å²) in [6.45, 7) is 6.39. The third-order valence-electron chi connectivity index (χ3n) is 5.86. The van der Waals surface area contributed by atoms with Crippen molar-refractivity contribution >= 4 is 18.0 Å². The summed E-state index contributed by atoms with van der Waals surface area (Å²) in [5, 5.41) is 5.55. The maximum absolute atomic E-state index is 13.2. The second kappa shape index (κ2) is 12.0. The minimum Gasteiger partial charge on any atom is -0.462 e. The fraction of sp³-hybridized carbons (Fsp3) is 0.370. The van der Waals surface area contributed by atoms with Crippen LogP contribution < -0.4 is 15.4 Å². The van der Waals surface area contributed by atoms with E-state index in [1.165, 1.54) is 0 Å². The van der Waals surface area contributed by atoms with Crippen molar-refractivity contribution in [3.63, 3.8) is 0 Å². The summed E-state index contributed by atoms with van der Waals surface area (Å²) < 4.78 is 11.2. The van der Waals surface area contributed by atoms with Crippen LogP contribution in [0.25, 0.3) is 0 Å². The predicted molar refractivity (Wildman–Crippen MR) is 129 cm³/mol. The van der Waals surface area contributed by atoms with Crippen LogP contribution in [-0.4, -0.2) is 24.6 Å². The molecule has 2 atom stereocenters. The second-order valence-electron chi connectivity index (χ2n) is 8.27. The predicted octanol–water partition coefficient (Wildman–Crippen LogP) is 5.29. The molecule has 0 aliphatic carbocycles. The van der Waals surface area contributed by atoms with Crippen molar-refractivity contribution in [1.29, 1.82) is 0 Å². The molecule has 2 aromatic rings. The van der Waals surface area contributed by atoms with Crippen LogP contribution in [0.4, 0.5) is 4.79 Å². The Hall–Kier alpha value is -3.61. The van der Waals surface area contributed by atoms with Gasteiger partial charge in [-0.25, -0.2) is 14.4 Å². The Kier molecular flexibility index (Phi) is 8.85. The first-order chi connectivity index (χ1) is 16.5. The lowest BCUT2D eigenvalue weighted by Crippen LogP contribution is -2.46. The highest BCUT2D eigenvalue weighted by Gasteiger charge is 2.33. The average Bonchev–Trinajstić information content (AvgIpc) is 2.86. The number of carbonyl (C=O) groups excluding carboxylic acids is 3. The Morgan fingerprint density at radius 2 is 1.76 bits per heavy atom. The third kappa shape index (κ3) is 6.25. The fourth-order valence-corrected chi connectivity index (χ4v) is 3.97. The molecule has 0 spiro atoms. The zero-order valence-corrected chi connectivity index (χ0v) is 19.9. The summed E-state index contributed by atoms with van der Waals surface area (Å²) in [4.78, 5) is 38.0.